The van der Waals surface area contributed by atoms with E-state index in [0.717, 1.165) is 28.3 Å². The van der Waals surface area contributed by atoms with Crippen LogP contribution in [0.2, 0.25) is 0 Å². The number of aliphatic hydroxyl groups is 1. The number of amides is 1. The van der Waals surface area contributed by atoms with Gasteiger partial charge in [-0.25, -0.2) is 4.98 Å². The maximum absolute atomic E-state index is 12.4. The highest BCUT2D eigenvalue weighted by atomic mass is 16.3. The van der Waals surface area contributed by atoms with Gasteiger partial charge in [-0.05, 0) is 44.9 Å². The second-order valence-corrected chi connectivity index (χ2v) is 6.83. The number of pyridine rings is 1. The molecule has 1 aromatic carbocycles. The Morgan fingerprint density at radius 3 is 2.56 bits per heavy atom. The van der Waals surface area contributed by atoms with Gasteiger partial charge in [0.25, 0.3) is 5.91 Å². The summed E-state index contributed by atoms with van der Waals surface area (Å²) in [5.41, 5.74) is 7.76. The molecule has 0 bridgehead atoms. The van der Waals surface area contributed by atoms with Crippen molar-refractivity contribution in [3.63, 3.8) is 0 Å². The number of carbonyl (C=O) groups is 1. The lowest BCUT2D eigenvalue weighted by atomic mass is 10.1. The quantitative estimate of drug-likeness (QED) is 0.627. The Morgan fingerprint density at radius 1 is 1.19 bits per heavy atom. The van der Waals surface area contributed by atoms with E-state index in [1.54, 1.807) is 6.20 Å². The Balaban J connectivity index is 2.00. The van der Waals surface area contributed by atoms with E-state index < -0.39 is 0 Å². The van der Waals surface area contributed by atoms with Crippen molar-refractivity contribution in [1.29, 1.82) is 0 Å². The first kappa shape index (κ1) is 18.9. The molecule has 0 aliphatic rings. The number of aliphatic hydroxyl groups excluding tert-OH is 1. The van der Waals surface area contributed by atoms with Crippen LogP contribution in [0.15, 0.2) is 30.5 Å². The van der Waals surface area contributed by atoms with Crippen LogP contribution >= 0.6 is 0 Å². The zero-order chi connectivity index (χ0) is 19.6. The molecule has 3 rings (SSSR count). The third kappa shape index (κ3) is 3.80. The molecule has 0 saturated heterocycles. The van der Waals surface area contributed by atoms with E-state index in [9.17, 15) is 4.79 Å². The average Bonchev–Trinajstić information content (AvgIpc) is 2.93. The van der Waals surface area contributed by atoms with Gasteiger partial charge in [0.1, 0.15) is 5.65 Å². The summed E-state index contributed by atoms with van der Waals surface area (Å²) in [4.78, 5) is 17.1. The minimum Gasteiger partial charge on any atom is -0.395 e. The first-order chi connectivity index (χ1) is 12.9. The van der Waals surface area contributed by atoms with E-state index in [4.69, 9.17) is 5.11 Å². The number of imidazole rings is 1. The van der Waals surface area contributed by atoms with E-state index in [2.05, 4.69) is 41.6 Å². The van der Waals surface area contributed by atoms with Gasteiger partial charge >= 0.3 is 0 Å². The fraction of sp³-hybridized carbons (Fsp3) is 0.333. The van der Waals surface area contributed by atoms with Crippen LogP contribution in [0.4, 0.5) is 5.69 Å². The molecule has 27 heavy (non-hydrogen) atoms. The number of nitrogens with zero attached hydrogens (tertiary/aromatic N) is 2. The molecule has 142 valence electrons. The van der Waals surface area contributed by atoms with E-state index in [1.165, 1.54) is 11.1 Å². The summed E-state index contributed by atoms with van der Waals surface area (Å²) in [5, 5.41) is 15.2. The predicted molar refractivity (Wildman–Crippen MR) is 107 cm³/mol. The summed E-state index contributed by atoms with van der Waals surface area (Å²) in [7, 11) is 0. The molecule has 0 fully saturated rings. The number of benzene rings is 1. The lowest BCUT2D eigenvalue weighted by molar-refractivity contribution is 0.0944. The Kier molecular flexibility index (Phi) is 5.46. The van der Waals surface area contributed by atoms with Crippen molar-refractivity contribution in [3.8, 4) is 0 Å². The molecule has 3 N–H and O–H groups in total. The van der Waals surface area contributed by atoms with Gasteiger partial charge in [0.05, 0.1) is 17.9 Å². The van der Waals surface area contributed by atoms with Gasteiger partial charge in [-0.2, -0.15) is 0 Å². The molecule has 0 saturated carbocycles. The van der Waals surface area contributed by atoms with E-state index in [0.29, 0.717) is 12.1 Å². The number of para-hydroxylation sites is 1. The molecule has 0 unspecified atom stereocenters. The molecule has 6 nitrogen and oxygen atoms in total. The summed E-state index contributed by atoms with van der Waals surface area (Å²) in [6.07, 6.45) is 1.81. The molecule has 0 atom stereocenters. The zero-order valence-electron chi connectivity index (χ0n) is 16.3. The largest absolute Gasteiger partial charge is 0.395 e. The van der Waals surface area contributed by atoms with Crippen molar-refractivity contribution < 1.29 is 9.90 Å². The molecule has 2 aromatic heterocycles. The van der Waals surface area contributed by atoms with Crippen LogP contribution in [0, 0.1) is 27.7 Å². The molecule has 2 heterocycles. The van der Waals surface area contributed by atoms with Gasteiger partial charge in [0.15, 0.2) is 0 Å². The van der Waals surface area contributed by atoms with Gasteiger partial charge in [-0.1, -0.05) is 18.2 Å². The van der Waals surface area contributed by atoms with Crippen LogP contribution in [0.1, 0.15) is 38.4 Å². The van der Waals surface area contributed by atoms with Crippen LogP contribution in [0.25, 0.3) is 5.65 Å². The van der Waals surface area contributed by atoms with Gasteiger partial charge in [-0.3, -0.25) is 4.79 Å². The third-order valence-corrected chi connectivity index (χ3v) is 4.87. The lowest BCUT2D eigenvalue weighted by Crippen LogP contribution is -2.27. The van der Waals surface area contributed by atoms with E-state index in [-0.39, 0.29) is 19.1 Å². The molecule has 6 heteroatoms. The number of rotatable bonds is 6. The average molecular weight is 366 g/mol. The van der Waals surface area contributed by atoms with Crippen molar-refractivity contribution in [3.05, 3.63) is 64.1 Å². The van der Waals surface area contributed by atoms with E-state index >= 15 is 0 Å². The highest BCUT2D eigenvalue weighted by Crippen LogP contribution is 2.23. The standard InChI is InChI=1S/C21H26N4O2/c1-13-6-5-7-14(2)19(13)23-11-17-10-18(21(27)22-8-9-26)12-25-16(4)15(3)24-20(17)25/h5-7,10,12,23,26H,8-9,11H2,1-4H3,(H,22,27). The van der Waals surface area contributed by atoms with Crippen molar-refractivity contribution in [1.82, 2.24) is 14.7 Å². The van der Waals surface area contributed by atoms with Crippen molar-refractivity contribution in [2.24, 2.45) is 0 Å². The Morgan fingerprint density at radius 2 is 1.89 bits per heavy atom. The molecular weight excluding hydrogens is 340 g/mol. The molecule has 1 amide bonds. The SMILES string of the molecule is Cc1cccc(C)c1NCc1cc(C(=O)NCCO)cn2c(C)c(C)nc12. The molecule has 0 spiro atoms. The second kappa shape index (κ2) is 7.80. The van der Waals surface area contributed by atoms with E-state index in [1.807, 2.05) is 30.4 Å². The summed E-state index contributed by atoms with van der Waals surface area (Å²) < 4.78 is 1.96. The Hall–Kier alpha value is -2.86. The van der Waals surface area contributed by atoms with Crippen molar-refractivity contribution in [2.45, 2.75) is 34.2 Å². The molecule has 0 aliphatic heterocycles. The minimum absolute atomic E-state index is 0.0851. The second-order valence-electron chi connectivity index (χ2n) is 6.83. The molecule has 0 aliphatic carbocycles. The molecule has 0 radical (unpaired) electrons. The van der Waals surface area contributed by atoms with Crippen LogP contribution in [-0.4, -0.2) is 33.6 Å². The van der Waals surface area contributed by atoms with Gasteiger partial charge < -0.3 is 20.1 Å². The fourth-order valence-corrected chi connectivity index (χ4v) is 3.24. The predicted octanol–water partition coefficient (Wildman–Crippen LogP) is 2.90. The first-order valence-electron chi connectivity index (χ1n) is 9.09. The van der Waals surface area contributed by atoms with Gasteiger partial charge in [-0.15, -0.1) is 0 Å². The number of hydrogen-bond acceptors (Lipinski definition) is 4. The Bertz CT molecular complexity index is 971. The van der Waals surface area contributed by atoms with Crippen LogP contribution < -0.4 is 10.6 Å². The van der Waals surface area contributed by atoms with Gasteiger partial charge in [0.2, 0.25) is 0 Å². The summed E-state index contributed by atoms with van der Waals surface area (Å²) in [5.74, 6) is -0.204. The monoisotopic (exact) mass is 366 g/mol. The fourth-order valence-electron chi connectivity index (χ4n) is 3.24. The normalized spacial score (nSPS) is 11.0. The number of nitrogens with one attached hydrogen (secondary N) is 2. The molecular formula is C21H26N4O2. The number of anilines is 1. The smallest absolute Gasteiger partial charge is 0.252 e. The first-order valence-corrected chi connectivity index (χ1v) is 9.09. The molecule has 3 aromatic rings. The van der Waals surface area contributed by atoms with Gasteiger partial charge in [0, 0.05) is 36.2 Å². The van der Waals surface area contributed by atoms with Crippen LogP contribution in [0.3, 0.4) is 0 Å². The van der Waals surface area contributed by atoms with Crippen molar-refractivity contribution in [2.75, 3.05) is 18.5 Å². The number of fused-ring (bicyclic) bond motifs is 1. The minimum atomic E-state index is -0.204. The Labute approximate surface area is 159 Å². The summed E-state index contributed by atoms with van der Waals surface area (Å²) in [6.45, 7) is 8.82. The highest BCUT2D eigenvalue weighted by molar-refractivity contribution is 5.94. The number of carbonyl (C=O) groups excluding carboxylic acids is 1. The van der Waals surface area contributed by atoms with Crippen molar-refractivity contribution >= 4 is 17.2 Å². The maximum Gasteiger partial charge on any atom is 0.252 e. The zero-order valence-corrected chi connectivity index (χ0v) is 16.3. The number of aromatic nitrogens is 2. The maximum atomic E-state index is 12.4. The summed E-state index contributed by atoms with van der Waals surface area (Å²) in [6, 6.07) is 8.07. The number of aryl methyl sites for hydroxylation is 4. The summed E-state index contributed by atoms with van der Waals surface area (Å²) >= 11 is 0. The highest BCUT2D eigenvalue weighted by Gasteiger charge is 2.15. The third-order valence-electron chi connectivity index (χ3n) is 4.87. The lowest BCUT2D eigenvalue weighted by Gasteiger charge is -2.14. The van der Waals surface area contributed by atoms with Crippen LogP contribution in [0.5, 0.6) is 0 Å². The topological polar surface area (TPSA) is 78.7 Å². The number of hydrogen-bond donors (Lipinski definition) is 3. The van der Waals surface area contributed by atoms with Crippen LogP contribution in [-0.2, 0) is 6.54 Å².